The molecule has 1 fully saturated rings. The Morgan fingerprint density at radius 3 is 2.46 bits per heavy atom. The van der Waals surface area contributed by atoms with Crippen LogP contribution in [0.15, 0.2) is 48.5 Å². The molecular weight excluding hydrogens is 352 g/mol. The second kappa shape index (κ2) is 7.47. The van der Waals surface area contributed by atoms with Crippen LogP contribution in [0.1, 0.15) is 43.7 Å². The Balaban J connectivity index is 1.53. The molecular formula is C23H28N2O3. The fourth-order valence-corrected chi connectivity index (χ4v) is 4.34. The molecule has 2 aliphatic rings. The number of carbonyl (C=O) groups is 1. The normalized spacial score (nSPS) is 19.6. The van der Waals surface area contributed by atoms with Gasteiger partial charge in [-0.2, -0.15) is 0 Å². The lowest BCUT2D eigenvalue weighted by Crippen LogP contribution is -2.52. The van der Waals surface area contributed by atoms with Gasteiger partial charge < -0.3 is 20.5 Å². The lowest BCUT2D eigenvalue weighted by Gasteiger charge is -2.33. The number of rotatable bonds is 5. The van der Waals surface area contributed by atoms with Crippen LogP contribution in [-0.2, 0) is 15.7 Å². The molecule has 2 aromatic carbocycles. The smallest absolute Gasteiger partial charge is 0.244 e. The van der Waals surface area contributed by atoms with Gasteiger partial charge in [0.15, 0.2) is 11.5 Å². The van der Waals surface area contributed by atoms with Gasteiger partial charge in [-0.05, 0) is 43.0 Å². The van der Waals surface area contributed by atoms with Crippen molar-refractivity contribution in [2.24, 2.45) is 5.73 Å². The molecule has 0 spiro atoms. The van der Waals surface area contributed by atoms with Gasteiger partial charge in [-0.1, -0.05) is 49.2 Å². The van der Waals surface area contributed by atoms with Crippen LogP contribution in [-0.4, -0.2) is 25.7 Å². The summed E-state index contributed by atoms with van der Waals surface area (Å²) in [6, 6.07) is 15.7. The Hall–Kier alpha value is -2.53. The first kappa shape index (κ1) is 18.8. The van der Waals surface area contributed by atoms with E-state index in [1.807, 2.05) is 36.4 Å². The van der Waals surface area contributed by atoms with E-state index in [1.165, 1.54) is 5.56 Å². The number of hydrogen-bond acceptors (Lipinski definition) is 4. The van der Waals surface area contributed by atoms with Crippen LogP contribution in [0.3, 0.4) is 0 Å². The van der Waals surface area contributed by atoms with Gasteiger partial charge in [0.05, 0.1) is 0 Å². The molecule has 5 heteroatoms. The SMILES string of the molecule is CC(N)(C(=O)NCC1(c2ccc3c(c2)OCCO3)CCCC1)c1ccccc1. The van der Waals surface area contributed by atoms with Crippen molar-refractivity contribution >= 4 is 5.91 Å². The van der Waals surface area contributed by atoms with Gasteiger partial charge in [-0.3, -0.25) is 4.79 Å². The summed E-state index contributed by atoms with van der Waals surface area (Å²) in [5, 5.41) is 3.15. The molecule has 3 N–H and O–H groups in total. The van der Waals surface area contributed by atoms with E-state index in [1.54, 1.807) is 6.92 Å². The zero-order valence-corrected chi connectivity index (χ0v) is 16.4. The minimum absolute atomic E-state index is 0.0851. The average Bonchev–Trinajstić information content (AvgIpc) is 3.22. The number of nitrogens with one attached hydrogen (secondary N) is 1. The standard InChI is InChI=1S/C23H28N2O3/c1-22(24,17-7-3-2-4-8-17)21(26)25-16-23(11-5-6-12-23)18-9-10-19-20(15-18)28-14-13-27-19/h2-4,7-10,15H,5-6,11-14,16,24H2,1H3,(H,25,26). The van der Waals surface area contributed by atoms with E-state index in [9.17, 15) is 4.79 Å². The molecule has 4 rings (SSSR count). The van der Waals surface area contributed by atoms with Crippen LogP contribution in [0.2, 0.25) is 0 Å². The third-order valence-corrected chi connectivity index (χ3v) is 6.15. The highest BCUT2D eigenvalue weighted by atomic mass is 16.6. The highest BCUT2D eigenvalue weighted by Crippen LogP contribution is 2.44. The number of carbonyl (C=O) groups excluding carboxylic acids is 1. The Bertz CT molecular complexity index is 842. The minimum Gasteiger partial charge on any atom is -0.486 e. The topological polar surface area (TPSA) is 73.6 Å². The van der Waals surface area contributed by atoms with E-state index in [0.717, 1.165) is 42.7 Å². The summed E-state index contributed by atoms with van der Waals surface area (Å²) >= 11 is 0. The lowest BCUT2D eigenvalue weighted by atomic mass is 9.78. The summed E-state index contributed by atoms with van der Waals surface area (Å²) in [5.74, 6) is 1.45. The van der Waals surface area contributed by atoms with E-state index >= 15 is 0 Å². The van der Waals surface area contributed by atoms with Gasteiger partial charge in [-0.15, -0.1) is 0 Å². The maximum Gasteiger partial charge on any atom is 0.244 e. The van der Waals surface area contributed by atoms with E-state index < -0.39 is 5.54 Å². The summed E-state index contributed by atoms with van der Waals surface area (Å²) in [6.07, 6.45) is 4.39. The van der Waals surface area contributed by atoms with Gasteiger partial charge in [0.25, 0.3) is 0 Å². The number of hydrogen-bond donors (Lipinski definition) is 2. The molecule has 1 amide bonds. The Morgan fingerprint density at radius 2 is 1.75 bits per heavy atom. The predicted octanol–water partition coefficient (Wildman–Crippen LogP) is 3.26. The maximum atomic E-state index is 12.9. The zero-order chi connectivity index (χ0) is 19.6. The molecule has 5 nitrogen and oxygen atoms in total. The van der Waals surface area contributed by atoms with Gasteiger partial charge >= 0.3 is 0 Å². The molecule has 0 saturated heterocycles. The van der Waals surface area contributed by atoms with Gasteiger partial charge in [0, 0.05) is 12.0 Å². The van der Waals surface area contributed by atoms with Gasteiger partial charge in [-0.25, -0.2) is 0 Å². The Morgan fingerprint density at radius 1 is 1.07 bits per heavy atom. The van der Waals surface area contributed by atoms with E-state index in [2.05, 4.69) is 17.4 Å². The second-order valence-corrected chi connectivity index (χ2v) is 8.10. The third kappa shape index (κ3) is 3.47. The largest absolute Gasteiger partial charge is 0.486 e. The number of nitrogens with two attached hydrogens (primary N) is 1. The zero-order valence-electron chi connectivity index (χ0n) is 16.4. The van der Waals surface area contributed by atoms with Crippen LogP contribution < -0.4 is 20.5 Å². The summed E-state index contributed by atoms with van der Waals surface area (Å²) in [4.78, 5) is 12.9. The first-order chi connectivity index (χ1) is 13.5. The van der Waals surface area contributed by atoms with Crippen LogP contribution in [0, 0.1) is 0 Å². The lowest BCUT2D eigenvalue weighted by molar-refractivity contribution is -0.126. The highest BCUT2D eigenvalue weighted by Gasteiger charge is 2.39. The van der Waals surface area contributed by atoms with Crippen LogP contribution in [0.25, 0.3) is 0 Å². The van der Waals surface area contributed by atoms with Crippen LogP contribution in [0.5, 0.6) is 11.5 Å². The van der Waals surface area contributed by atoms with Crippen LogP contribution in [0.4, 0.5) is 0 Å². The van der Waals surface area contributed by atoms with Crippen molar-refractivity contribution < 1.29 is 14.3 Å². The summed E-state index contributed by atoms with van der Waals surface area (Å²) in [6.45, 7) is 3.50. The minimum atomic E-state index is -1.06. The van der Waals surface area contributed by atoms with Crippen molar-refractivity contribution in [3.05, 3.63) is 59.7 Å². The molecule has 1 saturated carbocycles. The molecule has 1 aliphatic carbocycles. The molecule has 28 heavy (non-hydrogen) atoms. The molecule has 1 heterocycles. The first-order valence-corrected chi connectivity index (χ1v) is 10.0. The molecule has 2 aromatic rings. The van der Waals surface area contributed by atoms with Crippen molar-refractivity contribution in [2.45, 2.75) is 43.6 Å². The van der Waals surface area contributed by atoms with Crippen molar-refractivity contribution in [3.63, 3.8) is 0 Å². The molecule has 0 aromatic heterocycles. The highest BCUT2D eigenvalue weighted by molar-refractivity contribution is 5.87. The molecule has 148 valence electrons. The fourth-order valence-electron chi connectivity index (χ4n) is 4.34. The predicted molar refractivity (Wildman–Crippen MR) is 109 cm³/mol. The van der Waals surface area contributed by atoms with Crippen molar-refractivity contribution in [3.8, 4) is 11.5 Å². The summed E-state index contributed by atoms with van der Waals surface area (Å²) in [5.41, 5.74) is 7.26. The number of amides is 1. The molecule has 0 radical (unpaired) electrons. The van der Waals surface area contributed by atoms with Crippen molar-refractivity contribution in [1.82, 2.24) is 5.32 Å². The number of fused-ring (bicyclic) bond motifs is 1. The molecule has 1 unspecified atom stereocenters. The molecule has 1 atom stereocenters. The first-order valence-electron chi connectivity index (χ1n) is 10.0. The monoisotopic (exact) mass is 380 g/mol. The summed E-state index contributed by atoms with van der Waals surface area (Å²) < 4.78 is 11.4. The van der Waals surface area contributed by atoms with Gasteiger partial charge in [0.2, 0.25) is 5.91 Å². The second-order valence-electron chi connectivity index (χ2n) is 8.10. The third-order valence-electron chi connectivity index (χ3n) is 6.15. The number of benzene rings is 2. The molecule has 0 bridgehead atoms. The fraction of sp³-hybridized carbons (Fsp3) is 0.435. The maximum absolute atomic E-state index is 12.9. The summed E-state index contributed by atoms with van der Waals surface area (Å²) in [7, 11) is 0. The van der Waals surface area contributed by atoms with E-state index in [-0.39, 0.29) is 11.3 Å². The van der Waals surface area contributed by atoms with Crippen LogP contribution >= 0.6 is 0 Å². The molecule has 1 aliphatic heterocycles. The Kier molecular flexibility index (Phi) is 5.02. The van der Waals surface area contributed by atoms with E-state index in [0.29, 0.717) is 19.8 Å². The van der Waals surface area contributed by atoms with Gasteiger partial charge in [0.1, 0.15) is 18.8 Å². The Labute approximate surface area is 166 Å². The van der Waals surface area contributed by atoms with Crippen molar-refractivity contribution in [2.75, 3.05) is 19.8 Å². The average molecular weight is 380 g/mol. The van der Waals surface area contributed by atoms with Crippen molar-refractivity contribution in [1.29, 1.82) is 0 Å². The quantitative estimate of drug-likeness (QED) is 0.835. The number of ether oxygens (including phenoxy) is 2. The van der Waals surface area contributed by atoms with E-state index in [4.69, 9.17) is 15.2 Å².